The van der Waals surface area contributed by atoms with Gasteiger partial charge in [-0.25, -0.2) is 5.43 Å². The number of benzene rings is 4. The van der Waals surface area contributed by atoms with Crippen molar-refractivity contribution in [3.05, 3.63) is 112 Å². The molecule has 0 aliphatic heterocycles. The van der Waals surface area contributed by atoms with Gasteiger partial charge in [0.05, 0.1) is 24.3 Å². The van der Waals surface area contributed by atoms with Crippen molar-refractivity contribution in [2.45, 2.75) is 13.0 Å². The molecule has 33 heavy (non-hydrogen) atoms. The summed E-state index contributed by atoms with van der Waals surface area (Å²) in [6.07, 6.45) is 1.84. The highest BCUT2D eigenvalue weighted by atomic mass is 79.9. The molecule has 0 heterocycles. The van der Waals surface area contributed by atoms with Crippen molar-refractivity contribution in [3.63, 3.8) is 0 Å². The van der Waals surface area contributed by atoms with Crippen molar-refractivity contribution in [1.82, 2.24) is 5.43 Å². The smallest absolute Gasteiger partial charge is 0.244 e. The Morgan fingerprint density at radius 1 is 1.00 bits per heavy atom. The van der Waals surface area contributed by atoms with E-state index in [4.69, 9.17) is 4.74 Å². The van der Waals surface area contributed by atoms with E-state index >= 15 is 0 Å². The van der Waals surface area contributed by atoms with Crippen molar-refractivity contribution in [1.29, 1.82) is 5.26 Å². The number of halogens is 1. The van der Waals surface area contributed by atoms with Crippen molar-refractivity contribution < 1.29 is 9.53 Å². The normalized spacial score (nSPS) is 10.8. The number of hydrazone groups is 1. The number of nitriles is 1. The zero-order chi connectivity index (χ0) is 23.0. The van der Waals surface area contributed by atoms with Crippen molar-refractivity contribution in [3.8, 4) is 11.8 Å². The molecule has 6 heteroatoms. The number of hydrogen-bond donors (Lipinski definition) is 1. The molecule has 1 amide bonds. The van der Waals surface area contributed by atoms with Crippen LogP contribution in [0.25, 0.3) is 10.8 Å². The highest BCUT2D eigenvalue weighted by Crippen LogP contribution is 2.27. The summed E-state index contributed by atoms with van der Waals surface area (Å²) >= 11 is 3.39. The van der Waals surface area contributed by atoms with E-state index < -0.39 is 0 Å². The van der Waals surface area contributed by atoms with Crippen molar-refractivity contribution in [2.24, 2.45) is 5.10 Å². The van der Waals surface area contributed by atoms with E-state index in [9.17, 15) is 10.1 Å². The fourth-order valence-corrected chi connectivity index (χ4v) is 3.71. The Labute approximate surface area is 200 Å². The fraction of sp³-hybridized carbons (Fsp3) is 0.0741. The van der Waals surface area contributed by atoms with Crippen LogP contribution in [0.3, 0.4) is 0 Å². The lowest BCUT2D eigenvalue weighted by Crippen LogP contribution is -2.19. The molecular formula is C27H20BrN3O2. The zero-order valence-electron chi connectivity index (χ0n) is 17.7. The average Bonchev–Trinajstić information content (AvgIpc) is 2.85. The minimum absolute atomic E-state index is 0.209. The van der Waals surface area contributed by atoms with Gasteiger partial charge in [0.25, 0.3) is 0 Å². The number of nitrogens with one attached hydrogen (secondary N) is 1. The van der Waals surface area contributed by atoms with Gasteiger partial charge in [-0.05, 0) is 40.6 Å². The summed E-state index contributed by atoms with van der Waals surface area (Å²) in [7, 11) is 0. The van der Waals surface area contributed by atoms with Crippen LogP contribution in [0.1, 0.15) is 22.3 Å². The van der Waals surface area contributed by atoms with Crippen LogP contribution >= 0.6 is 15.9 Å². The molecule has 162 valence electrons. The lowest BCUT2D eigenvalue weighted by molar-refractivity contribution is -0.120. The maximum Gasteiger partial charge on any atom is 0.244 e. The predicted molar refractivity (Wildman–Crippen MR) is 133 cm³/mol. The van der Waals surface area contributed by atoms with Gasteiger partial charge in [-0.1, -0.05) is 76.6 Å². The molecule has 0 saturated heterocycles. The molecule has 0 atom stereocenters. The molecule has 0 fully saturated rings. The molecule has 0 radical (unpaired) electrons. The first-order valence-electron chi connectivity index (χ1n) is 10.3. The van der Waals surface area contributed by atoms with E-state index in [1.807, 2.05) is 78.9 Å². The molecule has 5 nitrogen and oxygen atoms in total. The SMILES string of the molecule is N#Cc1ccccc1COc1ccc2ccccc2c1/C=N/NC(=O)Cc1ccc(Br)cc1. The summed E-state index contributed by atoms with van der Waals surface area (Å²) in [5.41, 5.74) is 5.64. The highest BCUT2D eigenvalue weighted by Gasteiger charge is 2.10. The third kappa shape index (κ3) is 5.65. The number of ether oxygens (including phenoxy) is 1. The maximum absolute atomic E-state index is 12.3. The Morgan fingerprint density at radius 3 is 2.58 bits per heavy atom. The van der Waals surface area contributed by atoms with Crippen LogP contribution in [-0.2, 0) is 17.8 Å². The number of rotatable bonds is 7. The third-order valence-corrected chi connectivity index (χ3v) is 5.64. The van der Waals surface area contributed by atoms with Crippen LogP contribution in [0.4, 0.5) is 0 Å². The number of carbonyl (C=O) groups is 1. The second-order valence-electron chi connectivity index (χ2n) is 7.35. The Hall–Kier alpha value is -3.95. The van der Waals surface area contributed by atoms with Crippen LogP contribution in [0.15, 0.2) is 94.5 Å². The largest absolute Gasteiger partial charge is 0.488 e. The molecule has 0 bridgehead atoms. The summed E-state index contributed by atoms with van der Waals surface area (Å²) in [5, 5.41) is 15.5. The summed E-state index contributed by atoms with van der Waals surface area (Å²) in [5.74, 6) is 0.409. The lowest BCUT2D eigenvalue weighted by atomic mass is 10.0. The standard InChI is InChI=1S/C27H20BrN3O2/c28-23-12-9-19(10-13-23)15-27(32)31-30-17-25-24-8-4-3-5-20(24)11-14-26(25)33-18-22-7-2-1-6-21(22)16-29/h1-14,17H,15,18H2,(H,31,32)/b30-17+. The van der Waals surface area contributed by atoms with Gasteiger partial charge in [-0.3, -0.25) is 4.79 Å². The molecule has 0 unspecified atom stereocenters. The molecule has 4 aromatic rings. The molecule has 1 N–H and O–H groups in total. The minimum atomic E-state index is -0.209. The van der Waals surface area contributed by atoms with Gasteiger partial charge < -0.3 is 4.74 Å². The van der Waals surface area contributed by atoms with E-state index in [0.29, 0.717) is 11.3 Å². The summed E-state index contributed by atoms with van der Waals surface area (Å²) < 4.78 is 7.04. The Morgan fingerprint density at radius 2 is 1.76 bits per heavy atom. The predicted octanol–water partition coefficient (Wildman–Crippen LogP) is 5.75. The van der Waals surface area contributed by atoms with E-state index in [-0.39, 0.29) is 18.9 Å². The van der Waals surface area contributed by atoms with Crippen LogP contribution < -0.4 is 10.2 Å². The van der Waals surface area contributed by atoms with Crippen LogP contribution in [0.2, 0.25) is 0 Å². The first-order chi connectivity index (χ1) is 16.1. The zero-order valence-corrected chi connectivity index (χ0v) is 19.2. The molecule has 0 aliphatic rings. The molecule has 4 aromatic carbocycles. The van der Waals surface area contributed by atoms with E-state index in [1.54, 1.807) is 12.3 Å². The average molecular weight is 498 g/mol. The second-order valence-corrected chi connectivity index (χ2v) is 8.27. The molecule has 4 rings (SSSR count). The van der Waals surface area contributed by atoms with Gasteiger partial charge in [-0.2, -0.15) is 10.4 Å². The molecular weight excluding hydrogens is 478 g/mol. The summed E-state index contributed by atoms with van der Waals surface area (Å²) in [6, 6.07) is 28.9. The number of amides is 1. The van der Waals surface area contributed by atoms with Gasteiger partial charge in [-0.15, -0.1) is 0 Å². The lowest BCUT2D eigenvalue weighted by Gasteiger charge is -2.12. The Bertz CT molecular complexity index is 1360. The minimum Gasteiger partial charge on any atom is -0.488 e. The number of fused-ring (bicyclic) bond motifs is 1. The summed E-state index contributed by atoms with van der Waals surface area (Å²) in [6.45, 7) is 0.249. The molecule has 0 aliphatic carbocycles. The van der Waals surface area contributed by atoms with E-state index in [2.05, 4.69) is 32.5 Å². The van der Waals surface area contributed by atoms with Gasteiger partial charge in [0, 0.05) is 15.6 Å². The monoisotopic (exact) mass is 497 g/mol. The molecule has 0 aromatic heterocycles. The van der Waals surface area contributed by atoms with Gasteiger partial charge in [0.15, 0.2) is 0 Å². The Balaban J connectivity index is 1.54. The van der Waals surface area contributed by atoms with Crippen molar-refractivity contribution in [2.75, 3.05) is 0 Å². The van der Waals surface area contributed by atoms with Crippen molar-refractivity contribution >= 4 is 38.8 Å². The summed E-state index contributed by atoms with van der Waals surface area (Å²) in [4.78, 5) is 12.3. The topological polar surface area (TPSA) is 74.5 Å². The van der Waals surface area contributed by atoms with E-state index in [1.165, 1.54) is 0 Å². The van der Waals surface area contributed by atoms with Gasteiger partial charge in [0.1, 0.15) is 12.4 Å². The molecule has 0 saturated carbocycles. The fourth-order valence-electron chi connectivity index (χ4n) is 3.44. The Kier molecular flexibility index (Phi) is 7.13. The number of carbonyl (C=O) groups excluding carboxylic acids is 1. The molecule has 0 spiro atoms. The van der Waals surface area contributed by atoms with Crippen LogP contribution in [-0.4, -0.2) is 12.1 Å². The number of hydrogen-bond acceptors (Lipinski definition) is 4. The van der Waals surface area contributed by atoms with Gasteiger partial charge in [0.2, 0.25) is 5.91 Å². The number of nitrogens with zero attached hydrogens (tertiary/aromatic N) is 2. The van der Waals surface area contributed by atoms with Crippen LogP contribution in [0, 0.1) is 11.3 Å². The third-order valence-electron chi connectivity index (χ3n) is 5.11. The second kappa shape index (κ2) is 10.6. The first-order valence-corrected chi connectivity index (χ1v) is 11.1. The highest BCUT2D eigenvalue weighted by molar-refractivity contribution is 9.10. The maximum atomic E-state index is 12.3. The first kappa shape index (κ1) is 22.3. The van der Waals surface area contributed by atoms with E-state index in [0.717, 1.165) is 31.9 Å². The quantitative estimate of drug-likeness (QED) is 0.261. The van der Waals surface area contributed by atoms with Crippen LogP contribution in [0.5, 0.6) is 5.75 Å². The van der Waals surface area contributed by atoms with Gasteiger partial charge >= 0.3 is 0 Å².